The summed E-state index contributed by atoms with van der Waals surface area (Å²) in [6.45, 7) is 2.75. The number of carbonyl (C=O) groups is 1. The molecule has 0 radical (unpaired) electrons. The summed E-state index contributed by atoms with van der Waals surface area (Å²) in [6, 6.07) is 10.8. The van der Waals surface area contributed by atoms with Crippen LogP contribution in [0.2, 0.25) is 5.02 Å². The molecule has 1 N–H and O–H groups in total. The fraction of sp³-hybridized carbons (Fsp3) is 0.381. The van der Waals surface area contributed by atoms with E-state index in [4.69, 9.17) is 21.4 Å². The molecule has 3 rings (SSSR count). The van der Waals surface area contributed by atoms with Crippen LogP contribution in [0.1, 0.15) is 35.1 Å². The van der Waals surface area contributed by atoms with E-state index in [1.807, 2.05) is 24.3 Å². The lowest BCUT2D eigenvalue weighted by Gasteiger charge is -2.31. The Hall–Kier alpha value is -1.66. The molecule has 0 aromatic heterocycles. The number of aryl methyl sites for hydroxylation is 1. The van der Waals surface area contributed by atoms with Gasteiger partial charge >= 0.3 is 5.97 Å². The average Bonchev–Trinajstić information content (AvgIpc) is 2.98. The molecule has 0 fully saturated rings. The molecule has 2 aromatic rings. The predicted octanol–water partition coefficient (Wildman–Crippen LogP) is 4.78. The summed E-state index contributed by atoms with van der Waals surface area (Å²) in [7, 11) is 1.78. The number of halogens is 3. The third kappa shape index (κ3) is 4.49. The van der Waals surface area contributed by atoms with E-state index in [2.05, 4.69) is 0 Å². The standard InChI is InChI=1S/C21H23ClFNO3.ClH/c1-14-11-15(7-8-19(14)23)21(9-4-10-24(2)12-20(25)26)17-5-3-6-18(22)16(17)13-27-21;/h3,5-8,11H,4,9-10,12-13H2,1-2H3,(H,25,26);1H. The molecule has 0 amide bonds. The van der Waals surface area contributed by atoms with Crippen molar-refractivity contribution in [3.05, 3.63) is 69.5 Å². The molecule has 7 heteroatoms. The molecule has 1 atom stereocenters. The quantitative estimate of drug-likeness (QED) is 0.690. The van der Waals surface area contributed by atoms with Crippen LogP contribution in [0.3, 0.4) is 0 Å². The maximum atomic E-state index is 13.8. The SMILES string of the molecule is Cc1cc(C2(CCCN(C)CC(=O)O)OCc3c(Cl)cccc32)ccc1F.Cl. The predicted molar refractivity (Wildman–Crippen MR) is 110 cm³/mol. The molecule has 4 nitrogen and oxygen atoms in total. The number of benzene rings is 2. The number of carboxylic acid groups (broad SMARTS) is 1. The van der Waals surface area contributed by atoms with Gasteiger partial charge in [-0.15, -0.1) is 12.4 Å². The highest BCUT2D eigenvalue weighted by molar-refractivity contribution is 6.31. The van der Waals surface area contributed by atoms with Gasteiger partial charge < -0.3 is 9.84 Å². The zero-order valence-electron chi connectivity index (χ0n) is 15.9. The Labute approximate surface area is 175 Å². The van der Waals surface area contributed by atoms with Crippen molar-refractivity contribution in [3.63, 3.8) is 0 Å². The number of likely N-dealkylation sites (N-methyl/N-ethyl adjacent to an activating group) is 1. The number of carboxylic acids is 1. The third-order valence-electron chi connectivity index (χ3n) is 5.11. The van der Waals surface area contributed by atoms with Gasteiger partial charge in [0.05, 0.1) is 13.2 Å². The summed E-state index contributed by atoms with van der Waals surface area (Å²) in [4.78, 5) is 12.6. The Morgan fingerprint density at radius 3 is 2.79 bits per heavy atom. The number of rotatable bonds is 7. The van der Waals surface area contributed by atoms with Crippen LogP contribution >= 0.6 is 24.0 Å². The van der Waals surface area contributed by atoms with Crippen LogP contribution in [0.4, 0.5) is 4.39 Å². The first kappa shape index (κ1) is 22.6. The van der Waals surface area contributed by atoms with Crippen molar-refractivity contribution in [3.8, 4) is 0 Å². The van der Waals surface area contributed by atoms with Crippen LogP contribution in [0.15, 0.2) is 36.4 Å². The first-order valence-electron chi connectivity index (χ1n) is 8.92. The zero-order chi connectivity index (χ0) is 19.6. The molecule has 1 heterocycles. The van der Waals surface area contributed by atoms with Crippen LogP contribution < -0.4 is 0 Å². The van der Waals surface area contributed by atoms with Crippen molar-refractivity contribution in [1.29, 1.82) is 0 Å². The van der Waals surface area contributed by atoms with Gasteiger partial charge in [0, 0.05) is 10.6 Å². The lowest BCUT2D eigenvalue weighted by Crippen LogP contribution is -2.31. The van der Waals surface area contributed by atoms with Crippen molar-refractivity contribution in [2.45, 2.75) is 32.0 Å². The summed E-state index contributed by atoms with van der Waals surface area (Å²) in [5.74, 6) is -1.10. The van der Waals surface area contributed by atoms with E-state index >= 15 is 0 Å². The van der Waals surface area contributed by atoms with E-state index in [0.717, 1.165) is 23.1 Å². The Kier molecular flexibility index (Phi) is 7.46. The molecule has 0 aliphatic carbocycles. The number of nitrogens with zero attached hydrogens (tertiary/aromatic N) is 1. The van der Waals surface area contributed by atoms with Crippen LogP contribution in [-0.2, 0) is 21.7 Å². The molecular weight excluding hydrogens is 404 g/mol. The van der Waals surface area contributed by atoms with Crippen LogP contribution in [0.5, 0.6) is 0 Å². The van der Waals surface area contributed by atoms with Gasteiger partial charge in [0.25, 0.3) is 0 Å². The molecule has 152 valence electrons. The second kappa shape index (κ2) is 9.23. The zero-order valence-corrected chi connectivity index (χ0v) is 17.4. The molecular formula is C21H24Cl2FNO3. The number of fused-ring (bicyclic) bond motifs is 1. The minimum atomic E-state index is -0.851. The van der Waals surface area contributed by atoms with Crippen molar-refractivity contribution in [1.82, 2.24) is 4.90 Å². The molecule has 1 aliphatic rings. The Morgan fingerprint density at radius 1 is 1.36 bits per heavy atom. The van der Waals surface area contributed by atoms with E-state index in [9.17, 15) is 9.18 Å². The minimum absolute atomic E-state index is 0. The molecule has 28 heavy (non-hydrogen) atoms. The van der Waals surface area contributed by atoms with Crippen LogP contribution in [0.25, 0.3) is 0 Å². The topological polar surface area (TPSA) is 49.8 Å². The van der Waals surface area contributed by atoms with E-state index in [1.54, 1.807) is 24.9 Å². The smallest absolute Gasteiger partial charge is 0.317 e. The van der Waals surface area contributed by atoms with Gasteiger partial charge in [0.2, 0.25) is 0 Å². The number of hydrogen-bond acceptors (Lipinski definition) is 3. The lowest BCUT2D eigenvalue weighted by molar-refractivity contribution is -0.138. The monoisotopic (exact) mass is 427 g/mol. The maximum absolute atomic E-state index is 13.8. The van der Waals surface area contributed by atoms with Gasteiger partial charge in [0.1, 0.15) is 11.4 Å². The molecule has 0 spiro atoms. The van der Waals surface area contributed by atoms with Gasteiger partial charge in [-0.05, 0) is 68.2 Å². The highest BCUT2D eigenvalue weighted by Gasteiger charge is 2.42. The van der Waals surface area contributed by atoms with Gasteiger partial charge in [-0.1, -0.05) is 29.8 Å². The van der Waals surface area contributed by atoms with E-state index in [-0.39, 0.29) is 24.8 Å². The highest BCUT2D eigenvalue weighted by Crippen LogP contribution is 2.47. The second-order valence-corrected chi connectivity index (χ2v) is 7.49. The first-order valence-corrected chi connectivity index (χ1v) is 9.30. The first-order chi connectivity index (χ1) is 12.8. The Morgan fingerprint density at radius 2 is 2.11 bits per heavy atom. The highest BCUT2D eigenvalue weighted by atomic mass is 35.5. The van der Waals surface area contributed by atoms with Gasteiger partial charge in [-0.25, -0.2) is 4.39 Å². The lowest BCUT2D eigenvalue weighted by atomic mass is 9.81. The molecule has 0 bridgehead atoms. The van der Waals surface area contributed by atoms with Crippen molar-refractivity contribution < 1.29 is 19.0 Å². The molecule has 2 aromatic carbocycles. The van der Waals surface area contributed by atoms with Crippen molar-refractivity contribution >= 4 is 30.0 Å². The largest absolute Gasteiger partial charge is 0.480 e. The third-order valence-corrected chi connectivity index (χ3v) is 5.47. The Bertz CT molecular complexity index is 862. The molecule has 0 saturated heterocycles. The average molecular weight is 428 g/mol. The second-order valence-electron chi connectivity index (χ2n) is 7.08. The van der Waals surface area contributed by atoms with Gasteiger partial charge in [-0.2, -0.15) is 0 Å². The van der Waals surface area contributed by atoms with Crippen LogP contribution in [0, 0.1) is 12.7 Å². The number of aliphatic carboxylic acids is 1. The summed E-state index contributed by atoms with van der Waals surface area (Å²) < 4.78 is 20.1. The van der Waals surface area contributed by atoms with Crippen molar-refractivity contribution in [2.24, 2.45) is 0 Å². The normalized spacial score (nSPS) is 18.0. The number of hydrogen-bond donors (Lipinski definition) is 1. The summed E-state index contributed by atoms with van der Waals surface area (Å²) in [6.07, 6.45) is 1.38. The fourth-order valence-electron chi connectivity index (χ4n) is 3.75. The Balaban J connectivity index is 0.00000280. The van der Waals surface area contributed by atoms with Gasteiger partial charge in [0.15, 0.2) is 0 Å². The van der Waals surface area contributed by atoms with E-state index < -0.39 is 11.6 Å². The van der Waals surface area contributed by atoms with Crippen LogP contribution in [-0.4, -0.2) is 36.1 Å². The fourth-order valence-corrected chi connectivity index (χ4v) is 3.98. The van der Waals surface area contributed by atoms with Gasteiger partial charge in [-0.3, -0.25) is 9.69 Å². The summed E-state index contributed by atoms with van der Waals surface area (Å²) in [5.41, 5.74) is 2.71. The van der Waals surface area contributed by atoms with E-state index in [1.165, 1.54) is 6.07 Å². The maximum Gasteiger partial charge on any atom is 0.317 e. The molecule has 0 saturated carbocycles. The van der Waals surface area contributed by atoms with Crippen molar-refractivity contribution in [2.75, 3.05) is 20.1 Å². The van der Waals surface area contributed by atoms with E-state index in [0.29, 0.717) is 30.2 Å². The summed E-state index contributed by atoms with van der Waals surface area (Å²) in [5, 5.41) is 9.59. The minimum Gasteiger partial charge on any atom is -0.480 e. The molecule has 1 aliphatic heterocycles. The number of ether oxygens (including phenoxy) is 1. The molecule has 1 unspecified atom stereocenters. The summed E-state index contributed by atoms with van der Waals surface area (Å²) >= 11 is 6.37.